The van der Waals surface area contributed by atoms with E-state index in [-0.39, 0.29) is 17.3 Å². The van der Waals surface area contributed by atoms with Gasteiger partial charge >= 0.3 is 0 Å². The van der Waals surface area contributed by atoms with E-state index in [2.05, 4.69) is 25.9 Å². The lowest BCUT2D eigenvalue weighted by Gasteiger charge is -2.00. The third kappa shape index (κ3) is 3.12. The molecular weight excluding hydrogens is 350 g/mol. The molecule has 1 aromatic carbocycles. The maximum atomic E-state index is 10.7. The molecule has 0 bridgehead atoms. The van der Waals surface area contributed by atoms with Gasteiger partial charge in [-0.2, -0.15) is 0 Å². The van der Waals surface area contributed by atoms with Crippen LogP contribution in [0.2, 0.25) is 5.02 Å². The summed E-state index contributed by atoms with van der Waals surface area (Å²) < 4.78 is 0.449. The molecule has 2 rings (SSSR count). The van der Waals surface area contributed by atoms with Crippen LogP contribution in [0.25, 0.3) is 0 Å². The van der Waals surface area contributed by atoms with Crippen molar-refractivity contribution in [1.29, 1.82) is 0 Å². The number of nitro groups is 1. The number of halogens is 2. The monoisotopic (exact) mass is 355 g/mol. The van der Waals surface area contributed by atoms with Crippen molar-refractivity contribution >= 4 is 45.3 Å². The molecule has 0 aliphatic heterocycles. The summed E-state index contributed by atoms with van der Waals surface area (Å²) in [5.74, 6) is -0.0350. The minimum Gasteiger partial charge on any atom is -0.503 e. The number of aromatic nitrogens is 1. The predicted octanol–water partition coefficient (Wildman–Crippen LogP) is 3.86. The Kier molecular flexibility index (Phi) is 4.31. The minimum absolute atomic E-state index is 0.0851. The fourth-order valence-electron chi connectivity index (χ4n) is 1.39. The van der Waals surface area contributed by atoms with Gasteiger partial charge in [0.2, 0.25) is 0 Å². The second-order valence-electron chi connectivity index (χ2n) is 3.69. The first-order valence-corrected chi connectivity index (χ1v) is 6.47. The van der Waals surface area contributed by atoms with Gasteiger partial charge in [0, 0.05) is 35.1 Å². The molecule has 0 aliphatic carbocycles. The highest BCUT2D eigenvalue weighted by Crippen LogP contribution is 2.31. The molecular formula is C12H7BrClN3O3. The number of aromatic hydroxyl groups is 1. The highest BCUT2D eigenvalue weighted by Gasteiger charge is 2.09. The number of benzene rings is 1. The normalized spacial score (nSPS) is 10.9. The summed E-state index contributed by atoms with van der Waals surface area (Å²) in [5.41, 5.74) is 0.268. The van der Waals surface area contributed by atoms with Crippen molar-refractivity contribution in [3.05, 3.63) is 55.6 Å². The molecule has 0 unspecified atom stereocenters. The van der Waals surface area contributed by atoms with Crippen molar-refractivity contribution in [3.63, 3.8) is 0 Å². The summed E-state index contributed by atoms with van der Waals surface area (Å²) in [6.07, 6.45) is 2.77. The Balaban J connectivity index is 2.38. The number of hydrogen-bond acceptors (Lipinski definition) is 5. The average molecular weight is 357 g/mol. The van der Waals surface area contributed by atoms with Crippen molar-refractivity contribution in [2.24, 2.45) is 4.99 Å². The van der Waals surface area contributed by atoms with Gasteiger partial charge in [-0.1, -0.05) is 11.6 Å². The first kappa shape index (κ1) is 14.4. The quantitative estimate of drug-likeness (QED) is 0.514. The fourth-order valence-corrected chi connectivity index (χ4v) is 1.85. The van der Waals surface area contributed by atoms with Gasteiger partial charge in [-0.25, -0.2) is 9.98 Å². The summed E-state index contributed by atoms with van der Waals surface area (Å²) in [6.45, 7) is 0. The number of nitrogens with zero attached hydrogens (tertiary/aromatic N) is 3. The highest BCUT2D eigenvalue weighted by molar-refractivity contribution is 9.10. The first-order chi connectivity index (χ1) is 9.49. The van der Waals surface area contributed by atoms with Gasteiger partial charge in [-0.3, -0.25) is 10.1 Å². The van der Waals surface area contributed by atoms with Gasteiger partial charge in [-0.05, 0) is 28.1 Å². The molecule has 1 heterocycles. The third-order valence-electron chi connectivity index (χ3n) is 2.37. The molecule has 0 fully saturated rings. The third-order valence-corrected chi connectivity index (χ3v) is 3.36. The van der Waals surface area contributed by atoms with Crippen LogP contribution in [0, 0.1) is 10.1 Å². The van der Waals surface area contributed by atoms with Gasteiger partial charge in [0.25, 0.3) is 5.69 Å². The summed E-state index contributed by atoms with van der Waals surface area (Å²) in [6, 6.07) is 5.57. The molecule has 6 nitrogen and oxygen atoms in total. The molecule has 0 saturated heterocycles. The van der Waals surface area contributed by atoms with E-state index in [1.165, 1.54) is 30.6 Å². The van der Waals surface area contributed by atoms with Crippen molar-refractivity contribution in [2.45, 2.75) is 0 Å². The zero-order chi connectivity index (χ0) is 14.7. The van der Waals surface area contributed by atoms with Crippen LogP contribution >= 0.6 is 27.5 Å². The molecule has 0 saturated carbocycles. The van der Waals surface area contributed by atoms with E-state index < -0.39 is 4.92 Å². The number of nitro benzene ring substituents is 1. The average Bonchev–Trinajstić information content (AvgIpc) is 2.41. The highest BCUT2D eigenvalue weighted by atomic mass is 79.9. The molecule has 0 aliphatic rings. The van der Waals surface area contributed by atoms with Crippen LogP contribution in [-0.4, -0.2) is 21.2 Å². The number of aliphatic imine (C=N–C) groups is 1. The van der Waals surface area contributed by atoms with Gasteiger partial charge < -0.3 is 5.11 Å². The molecule has 0 amide bonds. The summed E-state index contributed by atoms with van der Waals surface area (Å²) in [5, 5.41) is 20.7. The van der Waals surface area contributed by atoms with E-state index >= 15 is 0 Å². The first-order valence-electron chi connectivity index (χ1n) is 5.30. The maximum absolute atomic E-state index is 10.7. The lowest BCUT2D eigenvalue weighted by molar-refractivity contribution is -0.384. The fraction of sp³-hybridized carbons (Fsp3) is 0. The van der Waals surface area contributed by atoms with Gasteiger partial charge in [0.05, 0.1) is 9.40 Å². The van der Waals surface area contributed by atoms with Crippen LogP contribution in [0.4, 0.5) is 11.5 Å². The number of pyridine rings is 1. The summed E-state index contributed by atoms with van der Waals surface area (Å²) in [7, 11) is 0. The Hall–Kier alpha value is -1.99. The Morgan fingerprint density at radius 3 is 2.90 bits per heavy atom. The molecule has 20 heavy (non-hydrogen) atoms. The zero-order valence-corrected chi connectivity index (χ0v) is 12.2. The molecule has 0 radical (unpaired) electrons. The zero-order valence-electron chi connectivity index (χ0n) is 9.83. The predicted molar refractivity (Wildman–Crippen MR) is 79.0 cm³/mol. The van der Waals surface area contributed by atoms with Gasteiger partial charge in [-0.15, -0.1) is 0 Å². The van der Waals surface area contributed by atoms with Crippen molar-refractivity contribution in [3.8, 4) is 5.75 Å². The standard InChI is InChI=1S/C12H7BrClN3O3/c13-9-3-4-15-12(11(9)18)16-6-7-5-8(17(19)20)1-2-10(7)14/h1-6,18H. The Morgan fingerprint density at radius 2 is 2.20 bits per heavy atom. The molecule has 0 spiro atoms. The lowest BCUT2D eigenvalue weighted by atomic mass is 10.2. The topological polar surface area (TPSA) is 88.6 Å². The van der Waals surface area contributed by atoms with E-state index in [1.54, 1.807) is 6.07 Å². The van der Waals surface area contributed by atoms with Crippen molar-refractivity contribution < 1.29 is 10.0 Å². The smallest absolute Gasteiger partial charge is 0.270 e. The molecule has 8 heteroatoms. The van der Waals surface area contributed by atoms with E-state index in [0.29, 0.717) is 15.1 Å². The Labute approximate surface area is 127 Å². The van der Waals surface area contributed by atoms with Crippen LogP contribution in [0.1, 0.15) is 5.56 Å². The lowest BCUT2D eigenvalue weighted by Crippen LogP contribution is -1.91. The van der Waals surface area contributed by atoms with Crippen LogP contribution in [0.15, 0.2) is 39.9 Å². The Morgan fingerprint density at radius 1 is 1.45 bits per heavy atom. The number of rotatable bonds is 3. The number of non-ortho nitro benzene ring substituents is 1. The molecule has 1 N–H and O–H groups in total. The van der Waals surface area contributed by atoms with Crippen LogP contribution in [0.3, 0.4) is 0 Å². The molecule has 102 valence electrons. The molecule has 0 atom stereocenters. The SMILES string of the molecule is O=[N+]([O-])c1ccc(Cl)c(C=Nc2nccc(Br)c2O)c1. The summed E-state index contributed by atoms with van der Waals surface area (Å²) in [4.78, 5) is 18.0. The second-order valence-corrected chi connectivity index (χ2v) is 4.95. The second kappa shape index (κ2) is 5.98. The molecule has 1 aromatic heterocycles. The minimum atomic E-state index is -0.525. The Bertz CT molecular complexity index is 706. The number of hydrogen-bond donors (Lipinski definition) is 1. The maximum Gasteiger partial charge on any atom is 0.270 e. The molecule has 2 aromatic rings. The van der Waals surface area contributed by atoms with E-state index in [1.807, 2.05) is 0 Å². The van der Waals surface area contributed by atoms with E-state index in [9.17, 15) is 15.2 Å². The van der Waals surface area contributed by atoms with E-state index in [4.69, 9.17) is 11.6 Å². The van der Waals surface area contributed by atoms with Crippen LogP contribution in [-0.2, 0) is 0 Å². The van der Waals surface area contributed by atoms with E-state index in [0.717, 1.165) is 0 Å². The largest absolute Gasteiger partial charge is 0.503 e. The van der Waals surface area contributed by atoms with Crippen molar-refractivity contribution in [2.75, 3.05) is 0 Å². The summed E-state index contributed by atoms with van der Waals surface area (Å²) >= 11 is 9.07. The van der Waals surface area contributed by atoms with Crippen LogP contribution in [0.5, 0.6) is 5.75 Å². The van der Waals surface area contributed by atoms with Crippen molar-refractivity contribution in [1.82, 2.24) is 4.98 Å². The van der Waals surface area contributed by atoms with Gasteiger partial charge in [0.1, 0.15) is 0 Å². The van der Waals surface area contributed by atoms with Gasteiger partial charge in [0.15, 0.2) is 11.6 Å². The van der Waals surface area contributed by atoms with Crippen LogP contribution < -0.4 is 0 Å².